The maximum atomic E-state index is 5.08. The molecular formula is C51H33N3S2. The Balaban J connectivity index is 1.09. The molecule has 0 atom stereocenters. The lowest BCUT2D eigenvalue weighted by Crippen LogP contribution is -2.03. The highest BCUT2D eigenvalue weighted by atomic mass is 32.1. The first kappa shape index (κ1) is 32.9. The third kappa shape index (κ3) is 5.75. The van der Waals surface area contributed by atoms with Crippen molar-refractivity contribution in [3.63, 3.8) is 0 Å². The third-order valence-electron chi connectivity index (χ3n) is 10.8. The molecule has 0 aliphatic heterocycles. The van der Waals surface area contributed by atoms with Gasteiger partial charge in [0.15, 0.2) is 17.5 Å². The van der Waals surface area contributed by atoms with Crippen molar-refractivity contribution in [3.8, 4) is 56.2 Å². The number of allylic oxidation sites excluding steroid dienone is 4. The van der Waals surface area contributed by atoms with Crippen LogP contribution >= 0.6 is 22.7 Å². The molecule has 56 heavy (non-hydrogen) atoms. The Morgan fingerprint density at radius 1 is 0.393 bits per heavy atom. The van der Waals surface area contributed by atoms with Gasteiger partial charge in [-0.25, -0.2) is 15.0 Å². The van der Waals surface area contributed by atoms with Crippen LogP contribution in [-0.2, 0) is 0 Å². The summed E-state index contributed by atoms with van der Waals surface area (Å²) in [5, 5.41) is 5.21. The standard InChI is InChI=1S/C51H33N3S2/c1-3-13-32(14-4-1)49-52-50(33-15-5-2-6-16-33)54-51(53-49)37-18-11-17-34(29-37)35-25-27-38(36-26-28-46-43(31-36)39-19-7-9-22-44(39)55-46)42(30-35)40-21-12-24-47-48(40)41-20-8-10-23-45(41)56-47/h1-5,7-15,17-31H,6,16H2. The van der Waals surface area contributed by atoms with E-state index in [9.17, 15) is 0 Å². The van der Waals surface area contributed by atoms with Crippen molar-refractivity contribution in [3.05, 3.63) is 182 Å². The largest absolute Gasteiger partial charge is 0.209 e. The Labute approximate surface area is 332 Å². The van der Waals surface area contributed by atoms with Crippen LogP contribution in [0.4, 0.5) is 0 Å². The normalized spacial score (nSPS) is 12.9. The van der Waals surface area contributed by atoms with Crippen molar-refractivity contribution in [1.29, 1.82) is 0 Å². The van der Waals surface area contributed by atoms with E-state index in [-0.39, 0.29) is 0 Å². The van der Waals surface area contributed by atoms with Gasteiger partial charge in [0.25, 0.3) is 0 Å². The number of aromatic nitrogens is 3. The summed E-state index contributed by atoms with van der Waals surface area (Å²) in [7, 11) is 0. The predicted octanol–water partition coefficient (Wildman–Crippen LogP) is 14.7. The van der Waals surface area contributed by atoms with Crippen LogP contribution in [0.15, 0.2) is 176 Å². The summed E-state index contributed by atoms with van der Waals surface area (Å²) in [5.74, 6) is 2.10. The number of hydrogen-bond donors (Lipinski definition) is 0. The van der Waals surface area contributed by atoms with Crippen LogP contribution in [0.25, 0.3) is 102 Å². The van der Waals surface area contributed by atoms with Crippen LogP contribution < -0.4 is 0 Å². The van der Waals surface area contributed by atoms with Gasteiger partial charge in [0, 0.05) is 51.5 Å². The molecule has 0 saturated heterocycles. The van der Waals surface area contributed by atoms with Crippen molar-refractivity contribution in [2.24, 2.45) is 0 Å². The van der Waals surface area contributed by atoms with Gasteiger partial charge in [0.05, 0.1) is 0 Å². The van der Waals surface area contributed by atoms with Gasteiger partial charge in [-0.15, -0.1) is 22.7 Å². The zero-order valence-corrected chi connectivity index (χ0v) is 31.9. The van der Waals surface area contributed by atoms with E-state index in [1.165, 1.54) is 62.6 Å². The summed E-state index contributed by atoms with van der Waals surface area (Å²) in [6.45, 7) is 0. The first-order chi connectivity index (χ1) is 27.7. The Hall–Kier alpha value is -6.53. The predicted molar refractivity (Wildman–Crippen MR) is 239 cm³/mol. The highest BCUT2D eigenvalue weighted by Crippen LogP contribution is 2.45. The molecule has 1 aliphatic carbocycles. The maximum Gasteiger partial charge on any atom is 0.164 e. The SMILES string of the molecule is C1=CCCC(c2nc(-c3ccccc3)nc(-c3cccc(-c4ccc(-c5ccc6sc7ccccc7c6c5)c(-c5cccc6sc7ccccc7c56)c4)c3)n2)=C1. The lowest BCUT2D eigenvalue weighted by molar-refractivity contribution is 0.978. The van der Waals surface area contributed by atoms with Gasteiger partial charge in [-0.2, -0.15) is 0 Å². The van der Waals surface area contributed by atoms with Crippen molar-refractivity contribution in [2.75, 3.05) is 0 Å². The fourth-order valence-corrected chi connectivity index (χ4v) is 10.3. The van der Waals surface area contributed by atoms with Gasteiger partial charge in [-0.05, 0) is 94.3 Å². The van der Waals surface area contributed by atoms with Crippen molar-refractivity contribution in [1.82, 2.24) is 15.0 Å². The molecule has 0 N–H and O–H groups in total. The first-order valence-electron chi connectivity index (χ1n) is 19.0. The van der Waals surface area contributed by atoms with Gasteiger partial charge in [-0.3, -0.25) is 0 Å². The molecule has 0 unspecified atom stereocenters. The second kappa shape index (κ2) is 13.6. The molecule has 0 amide bonds. The zero-order valence-electron chi connectivity index (χ0n) is 30.3. The van der Waals surface area contributed by atoms with Gasteiger partial charge in [0.1, 0.15) is 0 Å². The molecule has 7 aromatic carbocycles. The second-order valence-corrected chi connectivity index (χ2v) is 16.4. The molecular weight excluding hydrogens is 719 g/mol. The molecule has 5 heteroatoms. The fraction of sp³-hybridized carbons (Fsp3) is 0.0392. The van der Waals surface area contributed by atoms with Crippen LogP contribution in [0.3, 0.4) is 0 Å². The van der Waals surface area contributed by atoms with Gasteiger partial charge in [-0.1, -0.05) is 133 Å². The molecule has 0 fully saturated rings. The van der Waals surface area contributed by atoms with E-state index in [1.54, 1.807) is 0 Å². The lowest BCUT2D eigenvalue weighted by Gasteiger charge is -2.15. The van der Waals surface area contributed by atoms with Crippen LogP contribution in [-0.4, -0.2) is 15.0 Å². The van der Waals surface area contributed by atoms with E-state index in [2.05, 4.69) is 158 Å². The van der Waals surface area contributed by atoms with E-state index in [0.717, 1.165) is 46.5 Å². The number of hydrogen-bond acceptors (Lipinski definition) is 5. The molecule has 3 heterocycles. The molecule has 10 aromatic rings. The van der Waals surface area contributed by atoms with E-state index in [4.69, 9.17) is 15.0 Å². The number of thiophene rings is 2. The number of fused-ring (bicyclic) bond motifs is 6. The highest BCUT2D eigenvalue weighted by molar-refractivity contribution is 7.26. The summed E-state index contributed by atoms with van der Waals surface area (Å²) in [5.41, 5.74) is 10.2. The monoisotopic (exact) mass is 751 g/mol. The summed E-state index contributed by atoms with van der Waals surface area (Å²) < 4.78 is 5.23. The summed E-state index contributed by atoms with van der Waals surface area (Å²) in [6, 6.07) is 57.1. The van der Waals surface area contributed by atoms with Crippen molar-refractivity contribution < 1.29 is 0 Å². The Kier molecular flexibility index (Phi) is 8.01. The van der Waals surface area contributed by atoms with Crippen LogP contribution in [0, 0.1) is 0 Å². The molecule has 264 valence electrons. The molecule has 0 saturated carbocycles. The third-order valence-corrected chi connectivity index (χ3v) is 13.1. The van der Waals surface area contributed by atoms with Crippen molar-refractivity contribution >= 4 is 68.6 Å². The fourth-order valence-electron chi connectivity index (χ4n) is 8.08. The summed E-state index contributed by atoms with van der Waals surface area (Å²) in [4.78, 5) is 15.1. The quantitative estimate of drug-likeness (QED) is 0.170. The maximum absolute atomic E-state index is 5.08. The molecule has 3 nitrogen and oxygen atoms in total. The second-order valence-electron chi connectivity index (χ2n) is 14.3. The minimum absolute atomic E-state index is 0.675. The summed E-state index contributed by atoms with van der Waals surface area (Å²) >= 11 is 3.72. The van der Waals surface area contributed by atoms with Gasteiger partial charge < -0.3 is 0 Å². The Morgan fingerprint density at radius 2 is 1.04 bits per heavy atom. The van der Waals surface area contributed by atoms with E-state index in [0.29, 0.717) is 11.6 Å². The number of nitrogens with zero attached hydrogens (tertiary/aromatic N) is 3. The Bertz CT molecular complexity index is 3200. The van der Waals surface area contributed by atoms with Gasteiger partial charge in [0.2, 0.25) is 0 Å². The minimum atomic E-state index is 0.675. The smallest absolute Gasteiger partial charge is 0.164 e. The highest BCUT2D eigenvalue weighted by Gasteiger charge is 2.19. The van der Waals surface area contributed by atoms with Crippen LogP contribution in [0.1, 0.15) is 18.7 Å². The molecule has 0 spiro atoms. The molecule has 3 aromatic heterocycles. The summed E-state index contributed by atoms with van der Waals surface area (Å²) in [6.07, 6.45) is 8.31. The molecule has 1 aliphatic rings. The minimum Gasteiger partial charge on any atom is -0.209 e. The average Bonchev–Trinajstić information content (AvgIpc) is 3.85. The molecule has 0 bridgehead atoms. The van der Waals surface area contributed by atoms with E-state index >= 15 is 0 Å². The number of benzene rings is 7. The van der Waals surface area contributed by atoms with E-state index in [1.807, 2.05) is 40.9 Å². The Morgan fingerprint density at radius 3 is 1.89 bits per heavy atom. The first-order valence-corrected chi connectivity index (χ1v) is 20.6. The topological polar surface area (TPSA) is 38.7 Å². The van der Waals surface area contributed by atoms with Crippen LogP contribution in [0.2, 0.25) is 0 Å². The average molecular weight is 752 g/mol. The lowest BCUT2D eigenvalue weighted by atomic mass is 9.88. The molecule has 11 rings (SSSR count). The van der Waals surface area contributed by atoms with Gasteiger partial charge >= 0.3 is 0 Å². The van der Waals surface area contributed by atoms with E-state index < -0.39 is 0 Å². The zero-order chi connectivity index (χ0) is 37.0. The van der Waals surface area contributed by atoms with Crippen LogP contribution in [0.5, 0.6) is 0 Å². The molecule has 0 radical (unpaired) electrons. The van der Waals surface area contributed by atoms with Crippen molar-refractivity contribution in [2.45, 2.75) is 12.8 Å². The number of rotatable bonds is 6.